The lowest BCUT2D eigenvalue weighted by Crippen LogP contribution is -2.20. The van der Waals surface area contributed by atoms with E-state index in [-0.39, 0.29) is 0 Å². The van der Waals surface area contributed by atoms with E-state index in [1.54, 1.807) is 18.5 Å². The van der Waals surface area contributed by atoms with Crippen LogP contribution in [0.3, 0.4) is 0 Å². The van der Waals surface area contributed by atoms with Crippen LogP contribution < -0.4 is 10.0 Å². The van der Waals surface area contributed by atoms with E-state index in [9.17, 15) is 8.42 Å². The van der Waals surface area contributed by atoms with Gasteiger partial charge in [-0.15, -0.1) is 0 Å². The smallest absolute Gasteiger partial charge is 0.243 e. The Balaban J connectivity index is 2.88. The van der Waals surface area contributed by atoms with E-state index in [2.05, 4.69) is 22.1 Å². The molecule has 1 aromatic heterocycles. The van der Waals surface area contributed by atoms with Crippen LogP contribution in [0, 0.1) is 13.8 Å². The fourth-order valence-electron chi connectivity index (χ4n) is 1.92. The van der Waals surface area contributed by atoms with E-state index in [0.717, 1.165) is 26.1 Å². The monoisotopic (exact) mass is 274 g/mol. The Bertz CT molecular complexity index is 493. The molecule has 1 aromatic rings. The van der Waals surface area contributed by atoms with Crippen LogP contribution in [-0.2, 0) is 16.6 Å². The zero-order valence-corrected chi connectivity index (χ0v) is 12.3. The minimum Gasteiger partial charge on any atom is -0.317 e. The molecule has 1 heterocycles. The number of nitrogens with one attached hydrogen (secondary N) is 2. The first-order chi connectivity index (χ1) is 8.44. The van der Waals surface area contributed by atoms with E-state index in [0.29, 0.717) is 16.3 Å². The van der Waals surface area contributed by atoms with Gasteiger partial charge in [-0.25, -0.2) is 13.1 Å². The fraction of sp³-hybridized carbons (Fsp3) is 0.727. The summed E-state index contributed by atoms with van der Waals surface area (Å²) in [5.41, 5.74) is 1.24. The minimum absolute atomic E-state index is 0.299. The Morgan fingerprint density at radius 1 is 1.33 bits per heavy atom. The van der Waals surface area contributed by atoms with Crippen LogP contribution in [0.2, 0.25) is 0 Å². The molecule has 6 nitrogen and oxygen atoms in total. The average molecular weight is 274 g/mol. The van der Waals surface area contributed by atoms with Gasteiger partial charge in [0.15, 0.2) is 0 Å². The molecule has 0 aliphatic carbocycles. The van der Waals surface area contributed by atoms with Crippen molar-refractivity contribution in [3.63, 3.8) is 0 Å². The Kier molecular flexibility index (Phi) is 5.30. The minimum atomic E-state index is -3.42. The van der Waals surface area contributed by atoms with Crippen LogP contribution in [0.25, 0.3) is 0 Å². The van der Waals surface area contributed by atoms with Crippen LogP contribution in [0.1, 0.15) is 24.7 Å². The number of rotatable bonds is 7. The summed E-state index contributed by atoms with van der Waals surface area (Å²) in [6, 6.07) is 0. The van der Waals surface area contributed by atoms with Crippen molar-refractivity contribution in [2.75, 3.05) is 20.1 Å². The molecule has 104 valence electrons. The molecule has 0 aliphatic rings. The number of sulfonamides is 1. The lowest BCUT2D eigenvalue weighted by Gasteiger charge is -2.06. The molecular formula is C11H22N4O2S. The molecule has 0 amide bonds. The van der Waals surface area contributed by atoms with Crippen LogP contribution in [0.15, 0.2) is 4.90 Å². The largest absolute Gasteiger partial charge is 0.317 e. The van der Waals surface area contributed by atoms with Gasteiger partial charge in [0.05, 0.1) is 11.4 Å². The van der Waals surface area contributed by atoms with Gasteiger partial charge in [0.25, 0.3) is 0 Å². The summed E-state index contributed by atoms with van der Waals surface area (Å²) in [5, 5.41) is 7.52. The van der Waals surface area contributed by atoms with Crippen molar-refractivity contribution in [3.8, 4) is 0 Å². The molecule has 0 saturated heterocycles. The van der Waals surface area contributed by atoms with E-state index in [1.807, 2.05) is 0 Å². The van der Waals surface area contributed by atoms with Gasteiger partial charge in [-0.3, -0.25) is 4.68 Å². The van der Waals surface area contributed by atoms with Gasteiger partial charge >= 0.3 is 0 Å². The Labute approximate surface area is 109 Å². The highest BCUT2D eigenvalue weighted by Gasteiger charge is 2.22. The van der Waals surface area contributed by atoms with E-state index in [1.165, 1.54) is 7.05 Å². The summed E-state index contributed by atoms with van der Waals surface area (Å²) < 4.78 is 27.8. The number of hydrogen-bond acceptors (Lipinski definition) is 4. The Hall–Kier alpha value is -0.920. The molecule has 0 fully saturated rings. The maximum Gasteiger partial charge on any atom is 0.243 e. The zero-order valence-electron chi connectivity index (χ0n) is 11.4. The maximum absolute atomic E-state index is 11.9. The van der Waals surface area contributed by atoms with Gasteiger partial charge in [-0.1, -0.05) is 6.92 Å². The third kappa shape index (κ3) is 3.30. The molecule has 7 heteroatoms. The van der Waals surface area contributed by atoms with Gasteiger partial charge in [0.2, 0.25) is 10.0 Å². The number of aromatic nitrogens is 2. The van der Waals surface area contributed by atoms with Crippen molar-refractivity contribution in [2.24, 2.45) is 0 Å². The van der Waals surface area contributed by atoms with E-state index >= 15 is 0 Å². The molecule has 18 heavy (non-hydrogen) atoms. The first kappa shape index (κ1) is 15.1. The summed E-state index contributed by atoms with van der Waals surface area (Å²) in [5.74, 6) is 0. The first-order valence-electron chi connectivity index (χ1n) is 6.12. The maximum atomic E-state index is 11.9. The standard InChI is InChI=1S/C11H22N4O2S/c1-5-13-7-6-8-15-10(3)11(9(2)14-15)18(16,17)12-4/h12-13H,5-8H2,1-4H3. The number of nitrogens with zero attached hydrogens (tertiary/aromatic N) is 2. The van der Waals surface area contributed by atoms with Gasteiger partial charge in [-0.05, 0) is 40.4 Å². The average Bonchev–Trinajstić information content (AvgIpc) is 2.60. The Morgan fingerprint density at radius 3 is 2.56 bits per heavy atom. The van der Waals surface area contributed by atoms with Gasteiger partial charge < -0.3 is 5.32 Å². The van der Waals surface area contributed by atoms with Crippen molar-refractivity contribution < 1.29 is 8.42 Å². The topological polar surface area (TPSA) is 76.0 Å². The highest BCUT2D eigenvalue weighted by molar-refractivity contribution is 7.89. The summed E-state index contributed by atoms with van der Waals surface area (Å²) in [7, 11) is -2.01. The number of aryl methyl sites for hydroxylation is 2. The molecule has 0 saturated carbocycles. The molecule has 2 N–H and O–H groups in total. The third-order valence-corrected chi connectivity index (χ3v) is 4.49. The molecular weight excluding hydrogens is 252 g/mol. The second kappa shape index (κ2) is 6.31. The predicted octanol–water partition coefficient (Wildman–Crippen LogP) is 0.408. The summed E-state index contributed by atoms with van der Waals surface area (Å²) in [6.45, 7) is 8.13. The normalized spacial score (nSPS) is 12.0. The Morgan fingerprint density at radius 2 is 2.00 bits per heavy atom. The molecule has 0 unspecified atom stereocenters. The van der Waals surface area contributed by atoms with E-state index < -0.39 is 10.0 Å². The van der Waals surface area contributed by atoms with Crippen LogP contribution in [0.5, 0.6) is 0 Å². The molecule has 0 aromatic carbocycles. The molecule has 0 atom stereocenters. The van der Waals surface area contributed by atoms with Gasteiger partial charge in [0.1, 0.15) is 4.90 Å². The summed E-state index contributed by atoms with van der Waals surface area (Å²) in [6.07, 6.45) is 0.925. The number of hydrogen-bond donors (Lipinski definition) is 2. The predicted molar refractivity (Wildman–Crippen MR) is 71.1 cm³/mol. The molecule has 0 bridgehead atoms. The van der Waals surface area contributed by atoms with Gasteiger partial charge in [-0.2, -0.15) is 5.10 Å². The van der Waals surface area contributed by atoms with Gasteiger partial charge in [0, 0.05) is 6.54 Å². The second-order valence-electron chi connectivity index (χ2n) is 4.14. The third-order valence-electron chi connectivity index (χ3n) is 2.83. The van der Waals surface area contributed by atoms with Crippen molar-refractivity contribution in [1.82, 2.24) is 19.8 Å². The summed E-state index contributed by atoms with van der Waals surface area (Å²) >= 11 is 0. The highest BCUT2D eigenvalue weighted by atomic mass is 32.2. The van der Waals surface area contributed by atoms with Crippen molar-refractivity contribution in [1.29, 1.82) is 0 Å². The van der Waals surface area contributed by atoms with Crippen molar-refractivity contribution in [2.45, 2.75) is 38.6 Å². The lowest BCUT2D eigenvalue weighted by molar-refractivity contribution is 0.536. The van der Waals surface area contributed by atoms with Crippen LogP contribution in [0.4, 0.5) is 0 Å². The summed E-state index contributed by atoms with van der Waals surface area (Å²) in [4.78, 5) is 0.299. The van der Waals surface area contributed by atoms with Crippen LogP contribution in [-0.4, -0.2) is 38.3 Å². The lowest BCUT2D eigenvalue weighted by atomic mass is 10.4. The first-order valence-corrected chi connectivity index (χ1v) is 7.60. The SMILES string of the molecule is CCNCCCn1nc(C)c(S(=O)(=O)NC)c1C. The van der Waals surface area contributed by atoms with Crippen molar-refractivity contribution >= 4 is 10.0 Å². The second-order valence-corrected chi connectivity index (χ2v) is 5.96. The zero-order chi connectivity index (χ0) is 13.8. The molecule has 0 radical (unpaired) electrons. The molecule has 0 spiro atoms. The highest BCUT2D eigenvalue weighted by Crippen LogP contribution is 2.18. The van der Waals surface area contributed by atoms with E-state index in [4.69, 9.17) is 0 Å². The quantitative estimate of drug-likeness (QED) is 0.706. The van der Waals surface area contributed by atoms with Crippen molar-refractivity contribution in [3.05, 3.63) is 11.4 Å². The fourth-order valence-corrected chi connectivity index (χ4v) is 3.05. The van der Waals surface area contributed by atoms with Crippen LogP contribution >= 0.6 is 0 Å². The molecule has 0 aliphatic heterocycles. The molecule has 1 rings (SSSR count).